The van der Waals surface area contributed by atoms with Crippen molar-refractivity contribution in [2.24, 2.45) is 11.7 Å². The Bertz CT molecular complexity index is 623. The number of esters is 1. The highest BCUT2D eigenvalue weighted by Crippen LogP contribution is 2.42. The monoisotopic (exact) mass is 313 g/mol. The lowest BCUT2D eigenvalue weighted by Crippen LogP contribution is -2.36. The molecular formula is C14H19NO5S. The normalized spacial score (nSPS) is 23.5. The zero-order valence-electron chi connectivity index (χ0n) is 11.9. The fourth-order valence-electron chi connectivity index (χ4n) is 1.73. The van der Waals surface area contributed by atoms with Gasteiger partial charge in [-0.2, -0.15) is 8.42 Å². The van der Waals surface area contributed by atoms with E-state index in [-0.39, 0.29) is 16.8 Å². The number of aryl methyl sites for hydroxylation is 1. The van der Waals surface area contributed by atoms with Crippen LogP contribution in [0.1, 0.15) is 12.0 Å². The molecule has 2 atom stereocenters. The molecule has 1 aromatic rings. The van der Waals surface area contributed by atoms with E-state index in [4.69, 9.17) is 10.3 Å². The van der Waals surface area contributed by atoms with E-state index >= 15 is 0 Å². The summed E-state index contributed by atoms with van der Waals surface area (Å²) in [4.78, 5) is 10.8. The minimum absolute atomic E-state index is 0.0666. The molecule has 0 heterocycles. The summed E-state index contributed by atoms with van der Waals surface area (Å²) in [6.45, 7) is 5.39. The molecule has 21 heavy (non-hydrogen) atoms. The molecule has 0 spiro atoms. The molecular weight excluding hydrogens is 294 g/mol. The third kappa shape index (κ3) is 4.38. The van der Waals surface area contributed by atoms with Crippen LogP contribution in [0.15, 0.2) is 41.8 Å². The van der Waals surface area contributed by atoms with Crippen molar-refractivity contribution < 1.29 is 22.5 Å². The van der Waals surface area contributed by atoms with E-state index in [9.17, 15) is 13.2 Å². The number of methoxy groups -OCH3 is 1. The van der Waals surface area contributed by atoms with E-state index in [2.05, 4.69) is 11.3 Å². The van der Waals surface area contributed by atoms with Crippen LogP contribution in [0.25, 0.3) is 0 Å². The zero-order chi connectivity index (χ0) is 16.3. The van der Waals surface area contributed by atoms with E-state index in [0.29, 0.717) is 6.42 Å². The van der Waals surface area contributed by atoms with Crippen molar-refractivity contribution in [3.05, 3.63) is 42.5 Å². The quantitative estimate of drug-likeness (QED) is 0.495. The van der Waals surface area contributed by atoms with E-state index < -0.39 is 15.7 Å². The summed E-state index contributed by atoms with van der Waals surface area (Å²) in [7, 11) is -2.68. The number of benzene rings is 1. The van der Waals surface area contributed by atoms with Crippen LogP contribution in [0.2, 0.25) is 0 Å². The predicted molar refractivity (Wildman–Crippen MR) is 78.2 cm³/mol. The standard InChI is InChI=1S/C7H11NO2.C7H8O3S/c1-3-5-4-7(5,8)6(9)10-2;1-6-2-4-7(5-3-6)11(8,9)10/h3,5H,1,4,8H2,2H3;2-5H,1H3,(H,8,9,10). The Labute approximate surface area is 124 Å². The van der Waals surface area contributed by atoms with Gasteiger partial charge < -0.3 is 10.5 Å². The maximum atomic E-state index is 10.9. The molecule has 1 aliphatic carbocycles. The predicted octanol–water partition coefficient (Wildman–Crippen LogP) is 1.30. The second-order valence-corrected chi connectivity index (χ2v) is 6.29. The summed E-state index contributed by atoms with van der Waals surface area (Å²) in [5.41, 5.74) is 5.81. The van der Waals surface area contributed by atoms with Crippen LogP contribution in [0.3, 0.4) is 0 Å². The Morgan fingerprint density at radius 2 is 2.00 bits per heavy atom. The molecule has 1 aliphatic rings. The van der Waals surface area contributed by atoms with Gasteiger partial charge in [0.15, 0.2) is 0 Å². The second-order valence-electron chi connectivity index (χ2n) is 4.87. The Hall–Kier alpha value is -1.70. The first-order valence-corrected chi connectivity index (χ1v) is 7.63. The van der Waals surface area contributed by atoms with Crippen LogP contribution in [0.4, 0.5) is 0 Å². The minimum Gasteiger partial charge on any atom is -0.468 e. The number of rotatable bonds is 3. The van der Waals surface area contributed by atoms with Gasteiger partial charge in [-0.3, -0.25) is 9.35 Å². The maximum absolute atomic E-state index is 10.9. The number of nitrogens with two attached hydrogens (primary N) is 1. The van der Waals surface area contributed by atoms with Crippen LogP contribution in [-0.4, -0.2) is 31.6 Å². The summed E-state index contributed by atoms with van der Waals surface area (Å²) in [6, 6.07) is 5.99. The first kappa shape index (κ1) is 17.4. The Balaban J connectivity index is 0.000000211. The smallest absolute Gasteiger partial charge is 0.326 e. The average molecular weight is 313 g/mol. The molecule has 2 unspecified atom stereocenters. The second kappa shape index (κ2) is 6.38. The Morgan fingerprint density at radius 1 is 1.48 bits per heavy atom. The summed E-state index contributed by atoms with van der Waals surface area (Å²) < 4.78 is 34.0. The largest absolute Gasteiger partial charge is 0.468 e. The first-order valence-electron chi connectivity index (χ1n) is 6.19. The minimum atomic E-state index is -4.02. The molecule has 0 saturated heterocycles. The van der Waals surface area contributed by atoms with Crippen molar-refractivity contribution in [1.29, 1.82) is 0 Å². The van der Waals surface area contributed by atoms with Crippen molar-refractivity contribution in [2.45, 2.75) is 23.8 Å². The molecule has 0 radical (unpaired) electrons. The highest BCUT2D eigenvalue weighted by Gasteiger charge is 2.56. The fourth-order valence-corrected chi connectivity index (χ4v) is 2.21. The van der Waals surface area contributed by atoms with Gasteiger partial charge in [0.05, 0.1) is 12.0 Å². The van der Waals surface area contributed by atoms with Gasteiger partial charge in [0, 0.05) is 5.92 Å². The van der Waals surface area contributed by atoms with Gasteiger partial charge in [-0.25, -0.2) is 0 Å². The van der Waals surface area contributed by atoms with Crippen molar-refractivity contribution in [3.8, 4) is 0 Å². The molecule has 1 aromatic carbocycles. The number of hydrogen-bond donors (Lipinski definition) is 2. The van der Waals surface area contributed by atoms with Gasteiger partial charge in [-0.05, 0) is 25.5 Å². The lowest BCUT2D eigenvalue weighted by atomic mass is 10.2. The molecule has 0 bridgehead atoms. The number of carbonyl (C=O) groups is 1. The van der Waals surface area contributed by atoms with Gasteiger partial charge in [0.1, 0.15) is 5.54 Å². The lowest BCUT2D eigenvalue weighted by molar-refractivity contribution is -0.143. The van der Waals surface area contributed by atoms with Gasteiger partial charge in [-0.15, -0.1) is 6.58 Å². The average Bonchev–Trinajstić information content (AvgIpc) is 3.10. The zero-order valence-corrected chi connectivity index (χ0v) is 12.8. The molecule has 1 saturated carbocycles. The molecule has 2 rings (SSSR count). The maximum Gasteiger partial charge on any atom is 0.326 e. The van der Waals surface area contributed by atoms with E-state index in [1.54, 1.807) is 18.2 Å². The van der Waals surface area contributed by atoms with E-state index in [0.717, 1.165) is 5.56 Å². The highest BCUT2D eigenvalue weighted by molar-refractivity contribution is 7.85. The summed E-state index contributed by atoms with van der Waals surface area (Å²) in [5.74, 6) is -0.225. The van der Waals surface area contributed by atoms with Crippen molar-refractivity contribution in [1.82, 2.24) is 0 Å². The number of carbonyl (C=O) groups excluding carboxylic acids is 1. The molecule has 3 N–H and O–H groups in total. The van der Waals surface area contributed by atoms with Crippen molar-refractivity contribution in [2.75, 3.05) is 7.11 Å². The van der Waals surface area contributed by atoms with Crippen LogP contribution in [0.5, 0.6) is 0 Å². The molecule has 6 nitrogen and oxygen atoms in total. The van der Waals surface area contributed by atoms with Crippen LogP contribution < -0.4 is 5.73 Å². The topological polar surface area (TPSA) is 107 Å². The fraction of sp³-hybridized carbons (Fsp3) is 0.357. The SMILES string of the molecule is C=CC1CC1(N)C(=O)OC.Cc1ccc(S(=O)(=O)O)cc1. The third-order valence-corrected chi connectivity index (χ3v) is 4.10. The molecule has 116 valence electrons. The van der Waals surface area contributed by atoms with E-state index in [1.165, 1.54) is 19.2 Å². The van der Waals surface area contributed by atoms with Gasteiger partial charge in [-0.1, -0.05) is 23.8 Å². The van der Waals surface area contributed by atoms with Gasteiger partial charge in [0.25, 0.3) is 10.1 Å². The summed E-state index contributed by atoms with van der Waals surface area (Å²) >= 11 is 0. The van der Waals surface area contributed by atoms with Gasteiger partial charge in [0.2, 0.25) is 0 Å². The van der Waals surface area contributed by atoms with Crippen molar-refractivity contribution in [3.63, 3.8) is 0 Å². The van der Waals surface area contributed by atoms with Crippen molar-refractivity contribution >= 4 is 16.1 Å². The lowest BCUT2D eigenvalue weighted by Gasteiger charge is -2.05. The van der Waals surface area contributed by atoms with Crippen LogP contribution >= 0.6 is 0 Å². The van der Waals surface area contributed by atoms with E-state index in [1.807, 2.05) is 6.92 Å². The number of ether oxygens (including phenoxy) is 1. The third-order valence-electron chi connectivity index (χ3n) is 3.23. The summed E-state index contributed by atoms with van der Waals surface area (Å²) in [6.07, 6.45) is 2.36. The Kier molecular flexibility index (Phi) is 5.27. The first-order chi connectivity index (χ1) is 9.65. The highest BCUT2D eigenvalue weighted by atomic mass is 32.2. The van der Waals surface area contributed by atoms with Crippen LogP contribution in [0, 0.1) is 12.8 Å². The molecule has 1 fully saturated rings. The molecule has 0 aromatic heterocycles. The molecule has 0 aliphatic heterocycles. The summed E-state index contributed by atoms with van der Waals surface area (Å²) in [5, 5.41) is 0. The number of hydrogen-bond acceptors (Lipinski definition) is 5. The molecule has 7 heteroatoms. The van der Waals surface area contributed by atoms with Gasteiger partial charge >= 0.3 is 5.97 Å². The van der Waals surface area contributed by atoms with Crippen LogP contribution in [-0.2, 0) is 19.6 Å². The Morgan fingerprint density at radius 3 is 2.33 bits per heavy atom. The molecule has 0 amide bonds.